The highest BCUT2D eigenvalue weighted by Crippen LogP contribution is 2.21. The summed E-state index contributed by atoms with van der Waals surface area (Å²) in [6.45, 7) is 6.96. The fourth-order valence-electron chi connectivity index (χ4n) is 3.84. The summed E-state index contributed by atoms with van der Waals surface area (Å²) in [4.78, 5) is 15.3. The standard InChI is InChI=1S/C24H32N2O3/c1-19-8-7-13-26(17-19)18-21-10-4-3-9-20(21)16-25-24(27)22-11-5-6-12-23(22)29-15-14-28-2/h3-6,9-12,19H,7-8,13-18H2,1-2H3,(H,25,27). The van der Waals surface area contributed by atoms with Crippen LogP contribution in [0.3, 0.4) is 0 Å². The van der Waals surface area contributed by atoms with Crippen LogP contribution in [0.4, 0.5) is 0 Å². The van der Waals surface area contributed by atoms with Gasteiger partial charge in [-0.1, -0.05) is 43.3 Å². The van der Waals surface area contributed by atoms with Crippen LogP contribution < -0.4 is 10.1 Å². The van der Waals surface area contributed by atoms with Crippen LogP contribution in [-0.2, 0) is 17.8 Å². The normalized spacial score (nSPS) is 17.1. The number of piperidine rings is 1. The Balaban J connectivity index is 1.62. The van der Waals surface area contributed by atoms with Gasteiger partial charge in [-0.15, -0.1) is 0 Å². The van der Waals surface area contributed by atoms with Gasteiger partial charge < -0.3 is 14.8 Å². The second-order valence-corrected chi connectivity index (χ2v) is 7.77. The minimum atomic E-state index is -0.126. The summed E-state index contributed by atoms with van der Waals surface area (Å²) >= 11 is 0. The van der Waals surface area contributed by atoms with Crippen molar-refractivity contribution in [2.45, 2.75) is 32.9 Å². The molecule has 1 fully saturated rings. The van der Waals surface area contributed by atoms with Gasteiger partial charge in [-0.25, -0.2) is 0 Å². The van der Waals surface area contributed by atoms with Crippen LogP contribution in [0.2, 0.25) is 0 Å². The maximum Gasteiger partial charge on any atom is 0.255 e. The molecule has 0 aromatic heterocycles. The van der Waals surface area contributed by atoms with Gasteiger partial charge in [0.25, 0.3) is 5.91 Å². The lowest BCUT2D eigenvalue weighted by Crippen LogP contribution is -2.34. The molecule has 1 saturated heterocycles. The molecule has 0 radical (unpaired) electrons. The minimum absolute atomic E-state index is 0.126. The maximum absolute atomic E-state index is 12.8. The number of amides is 1. The Hall–Kier alpha value is -2.37. The van der Waals surface area contributed by atoms with Crippen molar-refractivity contribution < 1.29 is 14.3 Å². The van der Waals surface area contributed by atoms with Crippen LogP contribution in [0, 0.1) is 5.92 Å². The van der Waals surface area contributed by atoms with Gasteiger partial charge in [0.1, 0.15) is 12.4 Å². The lowest BCUT2D eigenvalue weighted by Gasteiger charge is -2.31. The first-order chi connectivity index (χ1) is 14.2. The smallest absolute Gasteiger partial charge is 0.255 e. The number of ether oxygens (including phenoxy) is 2. The first-order valence-corrected chi connectivity index (χ1v) is 10.5. The second-order valence-electron chi connectivity index (χ2n) is 7.77. The zero-order chi connectivity index (χ0) is 20.5. The van der Waals surface area contributed by atoms with Gasteiger partial charge in [-0.05, 0) is 48.6 Å². The van der Waals surface area contributed by atoms with Crippen LogP contribution in [0.25, 0.3) is 0 Å². The lowest BCUT2D eigenvalue weighted by atomic mass is 9.99. The molecule has 0 spiro atoms. The molecule has 3 rings (SSSR count). The first kappa shape index (κ1) is 21.3. The zero-order valence-electron chi connectivity index (χ0n) is 17.5. The predicted octanol–water partition coefficient (Wildman–Crippen LogP) is 3.87. The Labute approximate surface area is 174 Å². The Morgan fingerprint density at radius 1 is 1.10 bits per heavy atom. The number of nitrogens with zero attached hydrogens (tertiary/aromatic N) is 1. The molecule has 1 atom stereocenters. The Bertz CT molecular complexity index is 793. The van der Waals surface area contributed by atoms with E-state index in [-0.39, 0.29) is 5.91 Å². The minimum Gasteiger partial charge on any atom is -0.490 e. The number of rotatable bonds is 9. The molecule has 0 saturated carbocycles. The topological polar surface area (TPSA) is 50.8 Å². The van der Waals surface area contributed by atoms with Crippen LogP contribution >= 0.6 is 0 Å². The monoisotopic (exact) mass is 396 g/mol. The number of benzene rings is 2. The molecule has 2 aromatic carbocycles. The number of carbonyl (C=O) groups excluding carboxylic acids is 1. The first-order valence-electron chi connectivity index (χ1n) is 10.5. The highest BCUT2D eigenvalue weighted by molar-refractivity contribution is 5.96. The van der Waals surface area contributed by atoms with E-state index in [1.165, 1.54) is 18.4 Å². The van der Waals surface area contributed by atoms with Crippen molar-refractivity contribution in [1.82, 2.24) is 10.2 Å². The van der Waals surface area contributed by atoms with E-state index in [0.29, 0.717) is 31.1 Å². The van der Waals surface area contributed by atoms with Gasteiger partial charge >= 0.3 is 0 Å². The van der Waals surface area contributed by atoms with E-state index >= 15 is 0 Å². The lowest BCUT2D eigenvalue weighted by molar-refractivity contribution is 0.0943. The third kappa shape index (κ3) is 6.31. The molecule has 0 bridgehead atoms. The number of para-hydroxylation sites is 1. The molecule has 1 aliphatic rings. The molecule has 1 unspecified atom stereocenters. The average Bonchev–Trinajstić information content (AvgIpc) is 2.73. The maximum atomic E-state index is 12.8. The fraction of sp³-hybridized carbons (Fsp3) is 0.458. The molecular weight excluding hydrogens is 364 g/mol. The zero-order valence-corrected chi connectivity index (χ0v) is 17.5. The van der Waals surface area contributed by atoms with Gasteiger partial charge in [0.2, 0.25) is 0 Å². The van der Waals surface area contributed by atoms with Gasteiger partial charge in [0, 0.05) is 26.7 Å². The molecule has 1 N–H and O–H groups in total. The molecule has 156 valence electrons. The Morgan fingerprint density at radius 2 is 1.86 bits per heavy atom. The average molecular weight is 397 g/mol. The van der Waals surface area contributed by atoms with Crippen molar-refractivity contribution in [2.75, 3.05) is 33.4 Å². The third-order valence-electron chi connectivity index (χ3n) is 5.37. The van der Waals surface area contributed by atoms with Crippen LogP contribution in [0.5, 0.6) is 5.75 Å². The van der Waals surface area contributed by atoms with E-state index < -0.39 is 0 Å². The van der Waals surface area contributed by atoms with Crippen molar-refractivity contribution in [3.63, 3.8) is 0 Å². The van der Waals surface area contributed by atoms with Gasteiger partial charge in [0.15, 0.2) is 0 Å². The number of nitrogens with one attached hydrogen (secondary N) is 1. The van der Waals surface area contributed by atoms with Crippen molar-refractivity contribution in [3.05, 3.63) is 65.2 Å². The summed E-state index contributed by atoms with van der Waals surface area (Å²) in [7, 11) is 1.63. The van der Waals surface area contributed by atoms with E-state index in [4.69, 9.17) is 9.47 Å². The van der Waals surface area contributed by atoms with Gasteiger partial charge in [-0.3, -0.25) is 9.69 Å². The number of methoxy groups -OCH3 is 1. The number of hydrogen-bond acceptors (Lipinski definition) is 4. The molecule has 29 heavy (non-hydrogen) atoms. The molecule has 0 aliphatic carbocycles. The van der Waals surface area contributed by atoms with Crippen molar-refractivity contribution in [3.8, 4) is 5.75 Å². The number of carbonyl (C=O) groups is 1. The summed E-state index contributed by atoms with van der Waals surface area (Å²) in [5.74, 6) is 1.21. The molecule has 1 heterocycles. The highest BCUT2D eigenvalue weighted by Gasteiger charge is 2.18. The molecule has 1 amide bonds. The fourth-order valence-corrected chi connectivity index (χ4v) is 3.84. The second kappa shape index (κ2) is 11.0. The summed E-state index contributed by atoms with van der Waals surface area (Å²) < 4.78 is 10.7. The van der Waals surface area contributed by atoms with Crippen LogP contribution in [0.15, 0.2) is 48.5 Å². The molecule has 1 aliphatic heterocycles. The highest BCUT2D eigenvalue weighted by atomic mass is 16.5. The molecule has 5 heteroatoms. The van der Waals surface area contributed by atoms with E-state index in [1.54, 1.807) is 13.2 Å². The van der Waals surface area contributed by atoms with E-state index in [2.05, 4.69) is 35.3 Å². The molecular formula is C24H32N2O3. The quantitative estimate of drug-likeness (QED) is 0.654. The van der Waals surface area contributed by atoms with Gasteiger partial charge in [-0.2, -0.15) is 0 Å². The van der Waals surface area contributed by atoms with Crippen molar-refractivity contribution in [1.29, 1.82) is 0 Å². The largest absolute Gasteiger partial charge is 0.490 e. The van der Waals surface area contributed by atoms with E-state index in [0.717, 1.165) is 31.1 Å². The third-order valence-corrected chi connectivity index (χ3v) is 5.37. The number of likely N-dealkylation sites (tertiary alicyclic amines) is 1. The van der Waals surface area contributed by atoms with Crippen molar-refractivity contribution in [2.24, 2.45) is 5.92 Å². The number of hydrogen-bond donors (Lipinski definition) is 1. The SMILES string of the molecule is COCCOc1ccccc1C(=O)NCc1ccccc1CN1CCCC(C)C1. The predicted molar refractivity (Wildman–Crippen MR) is 115 cm³/mol. The Kier molecular flexibility index (Phi) is 8.08. The summed E-state index contributed by atoms with van der Waals surface area (Å²) in [6, 6.07) is 15.7. The summed E-state index contributed by atoms with van der Waals surface area (Å²) in [5.41, 5.74) is 2.99. The summed E-state index contributed by atoms with van der Waals surface area (Å²) in [6.07, 6.45) is 2.58. The van der Waals surface area contributed by atoms with E-state index in [9.17, 15) is 4.79 Å². The van der Waals surface area contributed by atoms with Crippen LogP contribution in [0.1, 0.15) is 41.3 Å². The molecule has 5 nitrogen and oxygen atoms in total. The van der Waals surface area contributed by atoms with E-state index in [1.807, 2.05) is 24.3 Å². The molecule has 2 aromatic rings. The Morgan fingerprint density at radius 3 is 2.66 bits per heavy atom. The van der Waals surface area contributed by atoms with Gasteiger partial charge in [0.05, 0.1) is 12.2 Å². The van der Waals surface area contributed by atoms with Crippen LogP contribution in [-0.4, -0.2) is 44.2 Å². The summed E-state index contributed by atoms with van der Waals surface area (Å²) in [5, 5.41) is 3.06. The van der Waals surface area contributed by atoms with Crippen molar-refractivity contribution >= 4 is 5.91 Å².